The quantitative estimate of drug-likeness (QED) is 0.303. The lowest BCUT2D eigenvalue weighted by Crippen LogP contribution is -2.33. The van der Waals surface area contributed by atoms with Gasteiger partial charge in [0.15, 0.2) is 0 Å². The Morgan fingerprint density at radius 1 is 1.03 bits per heavy atom. The predicted molar refractivity (Wildman–Crippen MR) is 109 cm³/mol. The van der Waals surface area contributed by atoms with Crippen LogP contribution in [0.15, 0.2) is 42.0 Å². The molecule has 1 saturated heterocycles. The Hall–Kier alpha value is -3.73. The summed E-state index contributed by atoms with van der Waals surface area (Å²) in [5.74, 6) is -1.46. The first kappa shape index (κ1) is 19.0. The molecule has 0 aliphatic carbocycles. The number of carbonyl (C=O) groups excluding carboxylic acids is 2. The first-order valence-electron chi connectivity index (χ1n) is 9.33. The molecule has 1 atom stereocenters. The smallest absolute Gasteiger partial charge is 0.345 e. The average Bonchev–Trinajstić information content (AvgIpc) is 3.45. The summed E-state index contributed by atoms with van der Waals surface area (Å²) >= 11 is 0.522. The highest BCUT2D eigenvalue weighted by Crippen LogP contribution is 2.50. The van der Waals surface area contributed by atoms with Crippen molar-refractivity contribution in [1.29, 1.82) is 0 Å². The molecule has 2 aliphatic heterocycles. The second-order valence-corrected chi connectivity index (χ2v) is 8.38. The van der Waals surface area contributed by atoms with Crippen LogP contribution in [0.4, 0.5) is 28.0 Å². The summed E-state index contributed by atoms with van der Waals surface area (Å²) in [5.41, 5.74) is 2.77. The van der Waals surface area contributed by atoms with E-state index in [0.717, 1.165) is 12.1 Å². The highest BCUT2D eigenvalue weighted by atomic mass is 32.1. The van der Waals surface area contributed by atoms with Gasteiger partial charge in [-0.2, -0.15) is 13.2 Å². The van der Waals surface area contributed by atoms with Crippen LogP contribution in [0.2, 0.25) is 0 Å². The maximum atomic E-state index is 15.4. The first-order valence-corrected chi connectivity index (χ1v) is 10.2. The molecule has 1 unspecified atom stereocenters. The van der Waals surface area contributed by atoms with E-state index >= 15 is 4.39 Å². The van der Waals surface area contributed by atoms with Crippen molar-refractivity contribution in [2.45, 2.75) is 12.2 Å². The van der Waals surface area contributed by atoms with Gasteiger partial charge in [0.1, 0.15) is 16.7 Å². The summed E-state index contributed by atoms with van der Waals surface area (Å²) in [6.07, 6.45) is -3.04. The molecule has 0 spiro atoms. The molecule has 0 saturated carbocycles. The molecule has 6 nitrogen and oxygen atoms in total. The standard InChI is InChI=1S/C21H10F4N4O2S/c22-12-2-8(9-3-16(32-6-9)21(23,24)25)1-11-10-4-13-14(27-7-26-13)5-15(10)29-18(17(11)12)19(30)28-20(29)31/h1-7,18H,(H,26,27)(H,28,30,31). The van der Waals surface area contributed by atoms with Gasteiger partial charge >= 0.3 is 12.2 Å². The molecule has 4 heterocycles. The SMILES string of the molecule is O=C1NC(=O)N2c3cc4nc[nH]c4cc3-c3cc(-c4csc(C(F)(F)F)c4)cc(F)c3C12. The highest BCUT2D eigenvalue weighted by molar-refractivity contribution is 7.10. The summed E-state index contributed by atoms with van der Waals surface area (Å²) in [6.45, 7) is 0. The molecular weight excluding hydrogens is 448 g/mol. The Kier molecular flexibility index (Phi) is 3.66. The van der Waals surface area contributed by atoms with E-state index in [4.69, 9.17) is 0 Å². The largest absolute Gasteiger partial charge is 0.425 e. The van der Waals surface area contributed by atoms with E-state index in [1.54, 1.807) is 18.2 Å². The fraction of sp³-hybridized carbons (Fsp3) is 0.0952. The van der Waals surface area contributed by atoms with E-state index < -0.39 is 34.9 Å². The van der Waals surface area contributed by atoms with Gasteiger partial charge < -0.3 is 4.98 Å². The number of imide groups is 1. The number of thiophene rings is 1. The zero-order chi connectivity index (χ0) is 22.4. The first-order chi connectivity index (χ1) is 15.2. The van der Waals surface area contributed by atoms with Crippen molar-refractivity contribution >= 4 is 40.0 Å². The number of aromatic nitrogens is 2. The second-order valence-electron chi connectivity index (χ2n) is 7.47. The Morgan fingerprint density at radius 2 is 1.84 bits per heavy atom. The van der Waals surface area contributed by atoms with E-state index in [-0.39, 0.29) is 16.7 Å². The topological polar surface area (TPSA) is 78.1 Å². The van der Waals surface area contributed by atoms with Crippen LogP contribution in [0, 0.1) is 5.82 Å². The number of benzene rings is 2. The van der Waals surface area contributed by atoms with Crippen LogP contribution >= 0.6 is 11.3 Å². The fourth-order valence-electron chi connectivity index (χ4n) is 4.28. The zero-order valence-corrected chi connectivity index (χ0v) is 16.6. The summed E-state index contributed by atoms with van der Waals surface area (Å²) in [6, 6.07) is 5.00. The maximum Gasteiger partial charge on any atom is 0.425 e. The number of alkyl halides is 3. The van der Waals surface area contributed by atoms with Gasteiger partial charge in [0.25, 0.3) is 5.91 Å². The van der Waals surface area contributed by atoms with Crippen molar-refractivity contribution in [2.24, 2.45) is 0 Å². The van der Waals surface area contributed by atoms with Gasteiger partial charge in [-0.05, 0) is 52.4 Å². The van der Waals surface area contributed by atoms with Crippen LogP contribution in [0.5, 0.6) is 0 Å². The van der Waals surface area contributed by atoms with Gasteiger partial charge in [0, 0.05) is 11.1 Å². The monoisotopic (exact) mass is 458 g/mol. The van der Waals surface area contributed by atoms with E-state index in [1.807, 2.05) is 0 Å². The predicted octanol–water partition coefficient (Wildman–Crippen LogP) is 5.23. The van der Waals surface area contributed by atoms with Gasteiger partial charge in [0.2, 0.25) is 0 Å². The lowest BCUT2D eigenvalue weighted by molar-refractivity contribution is -0.134. The Bertz CT molecular complexity index is 1470. The Balaban J connectivity index is 1.62. The maximum absolute atomic E-state index is 15.4. The molecule has 32 heavy (non-hydrogen) atoms. The number of aromatic amines is 1. The Morgan fingerprint density at radius 3 is 2.59 bits per heavy atom. The highest BCUT2D eigenvalue weighted by Gasteiger charge is 2.47. The summed E-state index contributed by atoms with van der Waals surface area (Å²) in [7, 11) is 0. The molecule has 0 radical (unpaired) electrons. The molecule has 6 rings (SSSR count). The van der Waals surface area contributed by atoms with Crippen LogP contribution in [-0.2, 0) is 11.0 Å². The number of fused-ring (bicyclic) bond motifs is 7. The number of imidazole rings is 1. The Labute approximate surface area is 180 Å². The van der Waals surface area contributed by atoms with Crippen molar-refractivity contribution in [3.63, 3.8) is 0 Å². The van der Waals surface area contributed by atoms with Gasteiger partial charge in [-0.1, -0.05) is 0 Å². The molecule has 2 aliphatic rings. The number of carbonyl (C=O) groups is 2. The number of rotatable bonds is 1. The normalized spacial score (nSPS) is 17.4. The summed E-state index contributed by atoms with van der Waals surface area (Å²) in [4.78, 5) is 32.5. The minimum absolute atomic E-state index is 0.00487. The van der Waals surface area contributed by atoms with Crippen molar-refractivity contribution in [2.75, 3.05) is 4.90 Å². The van der Waals surface area contributed by atoms with Crippen LogP contribution in [-0.4, -0.2) is 21.9 Å². The van der Waals surface area contributed by atoms with Crippen molar-refractivity contribution in [1.82, 2.24) is 15.3 Å². The van der Waals surface area contributed by atoms with E-state index in [9.17, 15) is 22.8 Å². The number of nitrogens with one attached hydrogen (secondary N) is 2. The number of H-pyrrole nitrogens is 1. The molecule has 160 valence electrons. The van der Waals surface area contributed by atoms with Crippen LogP contribution in [0.3, 0.4) is 0 Å². The number of hydrogen-bond donors (Lipinski definition) is 2. The number of halogens is 4. The average molecular weight is 458 g/mol. The van der Waals surface area contributed by atoms with E-state index in [2.05, 4.69) is 15.3 Å². The van der Waals surface area contributed by atoms with Crippen LogP contribution < -0.4 is 10.2 Å². The van der Waals surface area contributed by atoms with Crippen molar-refractivity contribution in [3.8, 4) is 22.3 Å². The number of amides is 3. The lowest BCUT2D eigenvalue weighted by Gasteiger charge is -2.32. The molecular formula is C21H10F4N4O2S. The van der Waals surface area contributed by atoms with Crippen LogP contribution in [0.1, 0.15) is 16.5 Å². The lowest BCUT2D eigenvalue weighted by atomic mass is 9.86. The molecule has 3 amide bonds. The molecule has 11 heteroatoms. The third-order valence-corrected chi connectivity index (χ3v) is 6.63. The van der Waals surface area contributed by atoms with Crippen LogP contribution in [0.25, 0.3) is 33.3 Å². The minimum atomic E-state index is -4.50. The molecule has 2 N–H and O–H groups in total. The number of hydrogen-bond acceptors (Lipinski definition) is 4. The molecule has 0 bridgehead atoms. The number of anilines is 1. The molecule has 2 aromatic heterocycles. The second kappa shape index (κ2) is 6.16. The van der Waals surface area contributed by atoms with Gasteiger partial charge in [0.05, 0.1) is 23.0 Å². The number of nitrogens with zero attached hydrogens (tertiary/aromatic N) is 2. The third-order valence-electron chi connectivity index (χ3n) is 5.66. The van der Waals surface area contributed by atoms with Gasteiger partial charge in [-0.3, -0.25) is 15.0 Å². The molecule has 4 aromatic rings. The number of urea groups is 1. The van der Waals surface area contributed by atoms with E-state index in [1.165, 1.54) is 16.6 Å². The molecule has 1 fully saturated rings. The van der Waals surface area contributed by atoms with Gasteiger partial charge in [-0.25, -0.2) is 14.2 Å². The summed E-state index contributed by atoms with van der Waals surface area (Å²) < 4.78 is 54.6. The minimum Gasteiger partial charge on any atom is -0.345 e. The van der Waals surface area contributed by atoms with Crippen molar-refractivity contribution in [3.05, 3.63) is 58.3 Å². The zero-order valence-electron chi connectivity index (χ0n) is 15.7. The fourth-order valence-corrected chi connectivity index (χ4v) is 5.07. The van der Waals surface area contributed by atoms with Gasteiger partial charge in [-0.15, -0.1) is 11.3 Å². The third kappa shape index (κ3) is 2.54. The van der Waals surface area contributed by atoms with E-state index in [0.29, 0.717) is 39.2 Å². The van der Waals surface area contributed by atoms with Crippen molar-refractivity contribution < 1.29 is 27.2 Å². The molecule has 2 aromatic carbocycles. The summed E-state index contributed by atoms with van der Waals surface area (Å²) in [5, 5.41) is 3.52.